The molecule has 2 aromatic rings. The molecule has 0 aliphatic carbocycles. The lowest BCUT2D eigenvalue weighted by Gasteiger charge is -2.13. The molecule has 0 spiro atoms. The molecule has 0 radical (unpaired) electrons. The molecular weight excluding hydrogens is 247 g/mol. The molecule has 0 heterocycles. The Balaban J connectivity index is 2.22. The van der Waals surface area contributed by atoms with Gasteiger partial charge in [0, 0.05) is 0 Å². The van der Waals surface area contributed by atoms with E-state index in [-0.39, 0.29) is 5.30 Å². The van der Waals surface area contributed by atoms with Gasteiger partial charge in [0.2, 0.25) is 0 Å². The van der Waals surface area contributed by atoms with E-state index in [4.69, 9.17) is 4.52 Å². The molecule has 2 rings (SSSR count). The molecule has 3 nitrogen and oxygen atoms in total. The molecule has 0 amide bonds. The van der Waals surface area contributed by atoms with E-state index in [2.05, 4.69) is 6.58 Å². The number of rotatable bonds is 4. The van der Waals surface area contributed by atoms with Crippen LogP contribution >= 0.6 is 7.60 Å². The zero-order chi connectivity index (χ0) is 13.0. The maximum Gasteiger partial charge on any atom is 0.408 e. The Labute approximate surface area is 106 Å². The van der Waals surface area contributed by atoms with Gasteiger partial charge in [0.25, 0.3) is 0 Å². The van der Waals surface area contributed by atoms with E-state index >= 15 is 0 Å². The van der Waals surface area contributed by atoms with Crippen molar-refractivity contribution in [2.45, 2.75) is 0 Å². The van der Waals surface area contributed by atoms with Crippen LogP contribution in [0.25, 0.3) is 6.08 Å². The zero-order valence-corrected chi connectivity index (χ0v) is 10.6. The van der Waals surface area contributed by atoms with Gasteiger partial charge in [0.15, 0.2) is 0 Å². The SMILES string of the molecule is C=Cc1ccc(OP(=O)(O)c2ccccc2)cc1. The predicted octanol–water partition coefficient (Wildman–Crippen LogP) is 3.22. The van der Waals surface area contributed by atoms with E-state index < -0.39 is 7.60 Å². The maximum absolute atomic E-state index is 12.1. The van der Waals surface area contributed by atoms with Crippen molar-refractivity contribution in [3.63, 3.8) is 0 Å². The summed E-state index contributed by atoms with van der Waals surface area (Å²) in [5.74, 6) is 0.357. The third-order valence-electron chi connectivity index (χ3n) is 2.43. The molecule has 0 aromatic heterocycles. The molecule has 0 saturated heterocycles. The van der Waals surface area contributed by atoms with Crippen LogP contribution in [-0.2, 0) is 4.57 Å². The minimum Gasteiger partial charge on any atom is -0.421 e. The van der Waals surface area contributed by atoms with Crippen LogP contribution in [0.3, 0.4) is 0 Å². The summed E-state index contributed by atoms with van der Waals surface area (Å²) in [5, 5.41) is 0.276. The van der Waals surface area contributed by atoms with Crippen LogP contribution < -0.4 is 9.83 Å². The van der Waals surface area contributed by atoms with Gasteiger partial charge in [0.1, 0.15) is 5.75 Å². The number of benzene rings is 2. The maximum atomic E-state index is 12.1. The second-order valence-electron chi connectivity index (χ2n) is 3.72. The first kappa shape index (κ1) is 12.6. The predicted molar refractivity (Wildman–Crippen MR) is 73.1 cm³/mol. The highest BCUT2D eigenvalue weighted by Crippen LogP contribution is 2.41. The van der Waals surface area contributed by atoms with Gasteiger partial charge in [-0.3, -0.25) is 0 Å². The monoisotopic (exact) mass is 260 g/mol. The van der Waals surface area contributed by atoms with Gasteiger partial charge in [-0.05, 0) is 29.8 Å². The molecule has 0 bridgehead atoms. The molecule has 4 heteroatoms. The molecule has 0 saturated carbocycles. The summed E-state index contributed by atoms with van der Waals surface area (Å²) in [7, 11) is -3.82. The van der Waals surface area contributed by atoms with Gasteiger partial charge >= 0.3 is 7.60 Å². The van der Waals surface area contributed by atoms with Crippen LogP contribution in [-0.4, -0.2) is 4.89 Å². The largest absolute Gasteiger partial charge is 0.421 e. The first-order valence-electron chi connectivity index (χ1n) is 5.42. The van der Waals surface area contributed by atoms with E-state index in [0.29, 0.717) is 5.75 Å². The minimum atomic E-state index is -3.82. The summed E-state index contributed by atoms with van der Waals surface area (Å²) in [5.41, 5.74) is 0.926. The lowest BCUT2D eigenvalue weighted by Crippen LogP contribution is -2.08. The highest BCUT2D eigenvalue weighted by molar-refractivity contribution is 7.61. The summed E-state index contributed by atoms with van der Waals surface area (Å²) in [6.07, 6.45) is 1.69. The topological polar surface area (TPSA) is 46.5 Å². The Morgan fingerprint density at radius 2 is 1.67 bits per heavy atom. The molecule has 18 heavy (non-hydrogen) atoms. The van der Waals surface area contributed by atoms with E-state index in [9.17, 15) is 9.46 Å². The molecule has 92 valence electrons. The van der Waals surface area contributed by atoms with Crippen LogP contribution in [0.15, 0.2) is 61.2 Å². The van der Waals surface area contributed by atoms with E-state index in [1.165, 1.54) is 0 Å². The van der Waals surface area contributed by atoms with Crippen LogP contribution in [0.4, 0.5) is 0 Å². The van der Waals surface area contributed by atoms with Crippen molar-refractivity contribution >= 4 is 19.0 Å². The third kappa shape index (κ3) is 2.89. The standard InChI is InChI=1S/C14H13O3P/c1-2-12-8-10-13(11-9-12)17-18(15,16)14-6-4-3-5-7-14/h2-11H,1H2,(H,15,16). The van der Waals surface area contributed by atoms with Gasteiger partial charge in [-0.2, -0.15) is 0 Å². The van der Waals surface area contributed by atoms with E-state index in [0.717, 1.165) is 5.56 Å². The smallest absolute Gasteiger partial charge is 0.408 e. The van der Waals surface area contributed by atoms with E-state index in [1.807, 2.05) is 0 Å². The van der Waals surface area contributed by atoms with Gasteiger partial charge in [-0.1, -0.05) is 43.0 Å². The van der Waals surface area contributed by atoms with Gasteiger partial charge < -0.3 is 9.42 Å². The van der Waals surface area contributed by atoms with Crippen LogP contribution in [0, 0.1) is 0 Å². The Hall–Kier alpha value is -1.83. The first-order valence-corrected chi connectivity index (χ1v) is 7.00. The average molecular weight is 260 g/mol. The quantitative estimate of drug-likeness (QED) is 0.858. The fourth-order valence-corrected chi connectivity index (χ4v) is 2.54. The molecule has 1 unspecified atom stereocenters. The summed E-state index contributed by atoms with van der Waals surface area (Å²) in [4.78, 5) is 9.88. The third-order valence-corrected chi connectivity index (χ3v) is 3.84. The normalized spacial score (nSPS) is 13.6. The molecule has 2 aromatic carbocycles. The first-order chi connectivity index (χ1) is 8.62. The zero-order valence-electron chi connectivity index (χ0n) is 9.69. The fraction of sp³-hybridized carbons (Fsp3) is 0. The lowest BCUT2D eigenvalue weighted by molar-refractivity contribution is 0.393. The van der Waals surface area contributed by atoms with Crippen molar-refractivity contribution in [3.05, 3.63) is 66.7 Å². The minimum absolute atomic E-state index is 0.276. The second kappa shape index (κ2) is 5.21. The molecule has 0 fully saturated rings. The van der Waals surface area contributed by atoms with Crippen molar-refractivity contribution in [1.29, 1.82) is 0 Å². The Morgan fingerprint density at radius 1 is 1.06 bits per heavy atom. The summed E-state index contributed by atoms with van der Waals surface area (Å²) in [6.45, 7) is 3.64. The molecule has 1 atom stereocenters. The molecular formula is C14H13O3P. The molecule has 0 aliphatic rings. The number of hydrogen-bond donors (Lipinski definition) is 1. The van der Waals surface area contributed by atoms with Crippen LogP contribution in [0.5, 0.6) is 5.75 Å². The Morgan fingerprint density at radius 3 is 2.22 bits per heavy atom. The van der Waals surface area contributed by atoms with Crippen molar-refractivity contribution in [2.75, 3.05) is 0 Å². The Bertz CT molecular complexity index is 576. The lowest BCUT2D eigenvalue weighted by atomic mass is 10.2. The highest BCUT2D eigenvalue weighted by Gasteiger charge is 2.23. The molecule has 0 aliphatic heterocycles. The molecule has 1 N–H and O–H groups in total. The Kier molecular flexibility index (Phi) is 3.66. The van der Waals surface area contributed by atoms with Crippen LogP contribution in [0.1, 0.15) is 5.56 Å². The summed E-state index contributed by atoms with van der Waals surface area (Å²) < 4.78 is 17.2. The van der Waals surface area contributed by atoms with Gasteiger partial charge in [-0.25, -0.2) is 4.57 Å². The fourth-order valence-electron chi connectivity index (χ4n) is 1.48. The number of hydrogen-bond acceptors (Lipinski definition) is 2. The van der Waals surface area contributed by atoms with Crippen LogP contribution in [0.2, 0.25) is 0 Å². The van der Waals surface area contributed by atoms with Crippen molar-refractivity contribution < 1.29 is 14.0 Å². The summed E-state index contributed by atoms with van der Waals surface area (Å²) >= 11 is 0. The highest BCUT2D eigenvalue weighted by atomic mass is 31.2. The summed E-state index contributed by atoms with van der Waals surface area (Å²) in [6, 6.07) is 15.1. The van der Waals surface area contributed by atoms with Crippen molar-refractivity contribution in [1.82, 2.24) is 0 Å². The van der Waals surface area contributed by atoms with Crippen molar-refractivity contribution in [2.24, 2.45) is 0 Å². The van der Waals surface area contributed by atoms with E-state index in [1.54, 1.807) is 60.7 Å². The van der Waals surface area contributed by atoms with Crippen molar-refractivity contribution in [3.8, 4) is 5.75 Å². The van der Waals surface area contributed by atoms with Gasteiger partial charge in [0.05, 0.1) is 5.30 Å². The second-order valence-corrected chi connectivity index (χ2v) is 5.46. The average Bonchev–Trinajstić information content (AvgIpc) is 2.40. The van der Waals surface area contributed by atoms with Gasteiger partial charge in [-0.15, -0.1) is 0 Å².